The van der Waals surface area contributed by atoms with Gasteiger partial charge in [-0.1, -0.05) is 37.3 Å². The number of fused-ring (bicyclic) bond motifs is 1. The molecule has 0 spiro atoms. The fraction of sp³-hybridized carbons (Fsp3) is 0.316. The molecule has 0 atom stereocenters. The Kier molecular flexibility index (Phi) is 5.28. The number of amides is 2. The van der Waals surface area contributed by atoms with Crippen LogP contribution in [0.25, 0.3) is 6.08 Å². The molecule has 0 fully saturated rings. The van der Waals surface area contributed by atoms with Gasteiger partial charge in [-0.15, -0.1) is 0 Å². The molecule has 1 aliphatic heterocycles. The molecule has 0 aliphatic carbocycles. The zero-order chi connectivity index (χ0) is 17.6. The van der Waals surface area contributed by atoms with Crippen LogP contribution in [0, 0.1) is 0 Å². The van der Waals surface area contributed by atoms with Gasteiger partial charge in [0, 0.05) is 19.0 Å². The lowest BCUT2D eigenvalue weighted by Crippen LogP contribution is -2.37. The van der Waals surface area contributed by atoms with Crippen LogP contribution in [-0.4, -0.2) is 33.0 Å². The Balaban J connectivity index is 1.60. The molecule has 2 heterocycles. The zero-order valence-electron chi connectivity index (χ0n) is 14.3. The second-order valence-corrected chi connectivity index (χ2v) is 5.98. The first kappa shape index (κ1) is 17.0. The average Bonchev–Trinajstić information content (AvgIpc) is 3.07. The Bertz CT molecular complexity index is 780. The smallest absolute Gasteiger partial charge is 0.246 e. The SMILES string of the molecule is CCC(=O)NCc1cc2n(n1)CCN(C(=O)/C=C/c1ccccc1)C2. The van der Waals surface area contributed by atoms with Crippen LogP contribution in [0.2, 0.25) is 0 Å². The molecule has 3 rings (SSSR count). The van der Waals surface area contributed by atoms with Gasteiger partial charge in [-0.3, -0.25) is 14.3 Å². The standard InChI is InChI=1S/C19H22N4O2/c1-2-18(24)20-13-16-12-17-14-22(10-11-23(17)21-16)19(25)9-8-15-6-4-3-5-7-15/h3-9,12H,2,10-11,13-14H2,1H3,(H,20,24)/b9-8+. The van der Waals surface area contributed by atoms with Gasteiger partial charge in [0.15, 0.2) is 0 Å². The predicted octanol–water partition coefficient (Wildman–Crippen LogP) is 1.96. The number of nitrogens with zero attached hydrogens (tertiary/aromatic N) is 3. The maximum absolute atomic E-state index is 12.4. The van der Waals surface area contributed by atoms with Gasteiger partial charge in [0.05, 0.1) is 31.0 Å². The summed E-state index contributed by atoms with van der Waals surface area (Å²) < 4.78 is 1.91. The van der Waals surface area contributed by atoms with Crippen LogP contribution in [0.4, 0.5) is 0 Å². The van der Waals surface area contributed by atoms with Gasteiger partial charge in [-0.25, -0.2) is 0 Å². The van der Waals surface area contributed by atoms with Crippen molar-refractivity contribution in [3.05, 3.63) is 59.4 Å². The number of carbonyl (C=O) groups excluding carboxylic acids is 2. The van der Waals surface area contributed by atoms with E-state index in [-0.39, 0.29) is 11.8 Å². The Morgan fingerprint density at radius 3 is 2.80 bits per heavy atom. The van der Waals surface area contributed by atoms with E-state index in [0.717, 1.165) is 17.0 Å². The minimum atomic E-state index is -0.00265. The van der Waals surface area contributed by atoms with Gasteiger partial charge in [0.25, 0.3) is 0 Å². The van der Waals surface area contributed by atoms with Crippen molar-refractivity contribution in [1.29, 1.82) is 0 Å². The number of aromatic nitrogens is 2. The first-order valence-electron chi connectivity index (χ1n) is 8.50. The minimum absolute atomic E-state index is 0.00265. The lowest BCUT2D eigenvalue weighted by atomic mass is 10.2. The van der Waals surface area contributed by atoms with E-state index in [0.29, 0.717) is 32.6 Å². The topological polar surface area (TPSA) is 67.2 Å². The van der Waals surface area contributed by atoms with E-state index in [1.807, 2.05) is 59.0 Å². The van der Waals surface area contributed by atoms with Crippen LogP contribution in [0.1, 0.15) is 30.3 Å². The molecule has 0 bridgehead atoms. The first-order chi connectivity index (χ1) is 12.2. The van der Waals surface area contributed by atoms with Crippen LogP contribution in [0.15, 0.2) is 42.5 Å². The van der Waals surface area contributed by atoms with Crippen LogP contribution < -0.4 is 5.32 Å². The number of hydrogen-bond acceptors (Lipinski definition) is 3. The summed E-state index contributed by atoms with van der Waals surface area (Å²) in [4.78, 5) is 25.6. The maximum atomic E-state index is 12.4. The zero-order valence-corrected chi connectivity index (χ0v) is 14.3. The van der Waals surface area contributed by atoms with Crippen molar-refractivity contribution < 1.29 is 9.59 Å². The Hall–Kier alpha value is -2.89. The number of nitrogens with one attached hydrogen (secondary N) is 1. The summed E-state index contributed by atoms with van der Waals surface area (Å²) in [6.45, 7) is 4.08. The van der Waals surface area contributed by atoms with Gasteiger partial charge >= 0.3 is 0 Å². The monoisotopic (exact) mass is 338 g/mol. The van der Waals surface area contributed by atoms with Gasteiger partial charge in [0.1, 0.15) is 0 Å². The van der Waals surface area contributed by atoms with E-state index in [4.69, 9.17) is 0 Å². The Morgan fingerprint density at radius 2 is 2.04 bits per heavy atom. The molecule has 6 heteroatoms. The van der Waals surface area contributed by atoms with Gasteiger partial charge in [0.2, 0.25) is 11.8 Å². The molecule has 0 radical (unpaired) electrons. The number of hydrogen-bond donors (Lipinski definition) is 1. The first-order valence-corrected chi connectivity index (χ1v) is 8.50. The van der Waals surface area contributed by atoms with Crippen molar-refractivity contribution in [3.63, 3.8) is 0 Å². The molecule has 1 aromatic carbocycles. The van der Waals surface area contributed by atoms with Crippen molar-refractivity contribution in [3.8, 4) is 0 Å². The summed E-state index contributed by atoms with van der Waals surface area (Å²) in [6.07, 6.45) is 3.91. The largest absolute Gasteiger partial charge is 0.350 e. The van der Waals surface area contributed by atoms with Crippen molar-refractivity contribution >= 4 is 17.9 Å². The fourth-order valence-corrected chi connectivity index (χ4v) is 2.75. The minimum Gasteiger partial charge on any atom is -0.350 e. The number of carbonyl (C=O) groups is 2. The van der Waals surface area contributed by atoms with Gasteiger partial charge < -0.3 is 10.2 Å². The molecule has 2 aromatic rings. The van der Waals surface area contributed by atoms with Crippen molar-refractivity contribution in [2.45, 2.75) is 33.0 Å². The normalized spacial score (nSPS) is 13.7. The summed E-state index contributed by atoms with van der Waals surface area (Å²) in [5.41, 5.74) is 2.83. The molecule has 1 aromatic heterocycles. The van der Waals surface area contributed by atoms with E-state index in [9.17, 15) is 9.59 Å². The molecule has 2 amide bonds. The third kappa shape index (κ3) is 4.35. The van der Waals surface area contributed by atoms with Crippen LogP contribution in [0.3, 0.4) is 0 Å². The summed E-state index contributed by atoms with van der Waals surface area (Å²) in [6, 6.07) is 11.7. The van der Waals surface area contributed by atoms with Gasteiger partial charge in [-0.05, 0) is 17.7 Å². The molecule has 0 saturated carbocycles. The molecule has 130 valence electrons. The van der Waals surface area contributed by atoms with E-state index in [1.54, 1.807) is 6.08 Å². The van der Waals surface area contributed by atoms with E-state index < -0.39 is 0 Å². The third-order valence-electron chi connectivity index (χ3n) is 4.17. The molecular weight excluding hydrogens is 316 g/mol. The van der Waals surface area contributed by atoms with E-state index >= 15 is 0 Å². The fourth-order valence-electron chi connectivity index (χ4n) is 2.75. The lowest BCUT2D eigenvalue weighted by molar-refractivity contribution is -0.127. The lowest BCUT2D eigenvalue weighted by Gasteiger charge is -2.26. The highest BCUT2D eigenvalue weighted by Crippen LogP contribution is 2.14. The number of rotatable bonds is 5. The molecular formula is C19H22N4O2. The molecule has 25 heavy (non-hydrogen) atoms. The summed E-state index contributed by atoms with van der Waals surface area (Å²) in [5, 5.41) is 7.31. The van der Waals surface area contributed by atoms with Crippen molar-refractivity contribution in [1.82, 2.24) is 20.0 Å². The van der Waals surface area contributed by atoms with E-state index in [2.05, 4.69) is 10.4 Å². The maximum Gasteiger partial charge on any atom is 0.246 e. The summed E-state index contributed by atoms with van der Waals surface area (Å²) in [7, 11) is 0. The highest BCUT2D eigenvalue weighted by atomic mass is 16.2. The van der Waals surface area contributed by atoms with Crippen molar-refractivity contribution in [2.24, 2.45) is 0 Å². The second-order valence-electron chi connectivity index (χ2n) is 5.98. The van der Waals surface area contributed by atoms with Gasteiger partial charge in [-0.2, -0.15) is 5.10 Å². The van der Waals surface area contributed by atoms with Crippen LogP contribution in [-0.2, 0) is 29.2 Å². The molecule has 1 N–H and O–H groups in total. The highest BCUT2D eigenvalue weighted by Gasteiger charge is 2.21. The highest BCUT2D eigenvalue weighted by molar-refractivity contribution is 5.91. The molecule has 0 unspecified atom stereocenters. The average molecular weight is 338 g/mol. The van der Waals surface area contributed by atoms with Crippen LogP contribution >= 0.6 is 0 Å². The summed E-state index contributed by atoms with van der Waals surface area (Å²) in [5.74, 6) is 0.00552. The Labute approximate surface area is 147 Å². The third-order valence-corrected chi connectivity index (χ3v) is 4.17. The Morgan fingerprint density at radius 1 is 1.24 bits per heavy atom. The number of benzene rings is 1. The molecule has 6 nitrogen and oxygen atoms in total. The molecule has 0 saturated heterocycles. The predicted molar refractivity (Wildman–Crippen MR) is 95.3 cm³/mol. The molecule has 1 aliphatic rings. The quantitative estimate of drug-likeness (QED) is 0.848. The van der Waals surface area contributed by atoms with Crippen LogP contribution in [0.5, 0.6) is 0 Å². The van der Waals surface area contributed by atoms with E-state index in [1.165, 1.54) is 0 Å². The summed E-state index contributed by atoms with van der Waals surface area (Å²) >= 11 is 0. The second kappa shape index (κ2) is 7.79. The van der Waals surface area contributed by atoms with Crippen molar-refractivity contribution in [2.75, 3.05) is 6.54 Å².